The zero-order chi connectivity index (χ0) is 14.8. The number of rotatable bonds is 3. The predicted octanol–water partition coefficient (Wildman–Crippen LogP) is 4.19. The van der Waals surface area contributed by atoms with Gasteiger partial charge in [-0.25, -0.2) is 4.98 Å². The highest BCUT2D eigenvalue weighted by Crippen LogP contribution is 2.34. The Kier molecular flexibility index (Phi) is 4.32. The molecule has 0 atom stereocenters. The van der Waals surface area contributed by atoms with Crippen LogP contribution in [0.4, 0.5) is 0 Å². The zero-order valence-electron chi connectivity index (χ0n) is 12.8. The SMILES string of the molecule is Cc1ccc(C)c(Sc2nc3c(cc2CN)CCCC3)c1. The van der Waals surface area contributed by atoms with E-state index in [1.54, 1.807) is 11.8 Å². The molecule has 2 N–H and O–H groups in total. The molecular formula is C18H22N2S. The molecule has 0 saturated heterocycles. The van der Waals surface area contributed by atoms with Gasteiger partial charge in [-0.15, -0.1) is 0 Å². The largest absolute Gasteiger partial charge is 0.326 e. The Labute approximate surface area is 131 Å². The lowest BCUT2D eigenvalue weighted by Crippen LogP contribution is -2.10. The van der Waals surface area contributed by atoms with Crippen LogP contribution in [0.25, 0.3) is 0 Å². The van der Waals surface area contributed by atoms with Crippen LogP contribution in [0.2, 0.25) is 0 Å². The zero-order valence-corrected chi connectivity index (χ0v) is 13.6. The molecule has 1 aromatic carbocycles. The van der Waals surface area contributed by atoms with Crippen molar-refractivity contribution in [3.8, 4) is 0 Å². The van der Waals surface area contributed by atoms with Gasteiger partial charge in [-0.1, -0.05) is 30.0 Å². The molecule has 0 unspecified atom stereocenters. The maximum absolute atomic E-state index is 5.95. The highest BCUT2D eigenvalue weighted by Gasteiger charge is 2.15. The number of aryl methyl sites for hydroxylation is 4. The molecule has 1 aliphatic rings. The summed E-state index contributed by atoms with van der Waals surface area (Å²) in [6, 6.07) is 8.86. The molecule has 0 amide bonds. The standard InChI is InChI=1S/C18H22N2S/c1-12-7-8-13(2)17(9-12)21-18-15(11-19)10-14-5-3-4-6-16(14)20-18/h7-10H,3-6,11,19H2,1-2H3. The van der Waals surface area contributed by atoms with Crippen LogP contribution in [0.5, 0.6) is 0 Å². The molecule has 1 heterocycles. The van der Waals surface area contributed by atoms with Crippen molar-refractivity contribution < 1.29 is 0 Å². The highest BCUT2D eigenvalue weighted by molar-refractivity contribution is 7.99. The topological polar surface area (TPSA) is 38.9 Å². The number of hydrogen-bond donors (Lipinski definition) is 1. The van der Waals surface area contributed by atoms with Crippen LogP contribution in [0, 0.1) is 13.8 Å². The van der Waals surface area contributed by atoms with Crippen LogP contribution in [0.15, 0.2) is 34.2 Å². The van der Waals surface area contributed by atoms with E-state index in [0.29, 0.717) is 6.54 Å². The van der Waals surface area contributed by atoms with E-state index in [1.807, 2.05) is 0 Å². The Morgan fingerprint density at radius 1 is 1.14 bits per heavy atom. The normalized spacial score (nSPS) is 14.0. The average molecular weight is 298 g/mol. The lowest BCUT2D eigenvalue weighted by Gasteiger charge is -2.18. The summed E-state index contributed by atoms with van der Waals surface area (Å²) < 4.78 is 0. The van der Waals surface area contributed by atoms with Gasteiger partial charge < -0.3 is 5.73 Å². The van der Waals surface area contributed by atoms with Crippen molar-refractivity contribution in [3.63, 3.8) is 0 Å². The van der Waals surface area contributed by atoms with Gasteiger partial charge in [-0.2, -0.15) is 0 Å². The molecule has 110 valence electrons. The van der Waals surface area contributed by atoms with Crippen LogP contribution in [0.1, 0.15) is 40.8 Å². The summed E-state index contributed by atoms with van der Waals surface area (Å²) in [5, 5.41) is 1.09. The van der Waals surface area contributed by atoms with E-state index in [4.69, 9.17) is 10.7 Å². The summed E-state index contributed by atoms with van der Waals surface area (Å²) in [5.41, 5.74) is 12.4. The van der Waals surface area contributed by atoms with Gasteiger partial charge >= 0.3 is 0 Å². The molecule has 1 aliphatic carbocycles. The fraction of sp³-hybridized carbons (Fsp3) is 0.389. The van der Waals surface area contributed by atoms with Crippen molar-refractivity contribution in [3.05, 3.63) is 52.2 Å². The Hall–Kier alpha value is -1.32. The molecule has 2 aromatic rings. The van der Waals surface area contributed by atoms with Gasteiger partial charge in [0, 0.05) is 17.1 Å². The van der Waals surface area contributed by atoms with Crippen molar-refractivity contribution >= 4 is 11.8 Å². The second-order valence-corrected chi connectivity index (χ2v) is 6.87. The van der Waals surface area contributed by atoms with E-state index in [1.165, 1.54) is 45.7 Å². The third-order valence-electron chi connectivity index (χ3n) is 4.11. The minimum atomic E-state index is 0.563. The molecule has 0 aliphatic heterocycles. The molecule has 0 spiro atoms. The van der Waals surface area contributed by atoms with Crippen LogP contribution in [-0.2, 0) is 19.4 Å². The minimum absolute atomic E-state index is 0.563. The number of pyridine rings is 1. The van der Waals surface area contributed by atoms with Gasteiger partial charge in [0.2, 0.25) is 0 Å². The molecule has 0 bridgehead atoms. The van der Waals surface area contributed by atoms with Crippen LogP contribution in [0.3, 0.4) is 0 Å². The number of hydrogen-bond acceptors (Lipinski definition) is 3. The summed E-state index contributed by atoms with van der Waals surface area (Å²) in [5.74, 6) is 0. The van der Waals surface area contributed by atoms with Gasteiger partial charge in [0.05, 0.1) is 0 Å². The first-order valence-corrected chi connectivity index (χ1v) is 8.46. The molecule has 3 heteroatoms. The molecular weight excluding hydrogens is 276 g/mol. The molecule has 1 aromatic heterocycles. The van der Waals surface area contributed by atoms with Crippen molar-refractivity contribution in [1.29, 1.82) is 0 Å². The van der Waals surface area contributed by atoms with Gasteiger partial charge in [0.15, 0.2) is 0 Å². The second kappa shape index (κ2) is 6.20. The summed E-state index contributed by atoms with van der Waals surface area (Å²) in [4.78, 5) is 6.22. The number of nitrogens with zero attached hydrogens (tertiary/aromatic N) is 1. The van der Waals surface area contributed by atoms with Crippen molar-refractivity contribution in [2.24, 2.45) is 5.73 Å². The monoisotopic (exact) mass is 298 g/mol. The lowest BCUT2D eigenvalue weighted by molar-refractivity contribution is 0.656. The summed E-state index contributed by atoms with van der Waals surface area (Å²) in [6.07, 6.45) is 4.81. The van der Waals surface area contributed by atoms with E-state index in [-0.39, 0.29) is 0 Å². The van der Waals surface area contributed by atoms with E-state index in [9.17, 15) is 0 Å². The maximum Gasteiger partial charge on any atom is 0.106 e. The summed E-state index contributed by atoms with van der Waals surface area (Å²) >= 11 is 1.76. The third kappa shape index (κ3) is 3.14. The Morgan fingerprint density at radius 2 is 1.95 bits per heavy atom. The maximum atomic E-state index is 5.95. The van der Waals surface area contributed by atoms with Crippen molar-refractivity contribution in [1.82, 2.24) is 4.98 Å². The van der Waals surface area contributed by atoms with Gasteiger partial charge in [0.1, 0.15) is 5.03 Å². The fourth-order valence-electron chi connectivity index (χ4n) is 2.82. The third-order valence-corrected chi connectivity index (χ3v) is 5.32. The quantitative estimate of drug-likeness (QED) is 0.923. The fourth-order valence-corrected chi connectivity index (χ4v) is 3.93. The van der Waals surface area contributed by atoms with Gasteiger partial charge in [-0.3, -0.25) is 0 Å². The molecule has 3 rings (SSSR count). The van der Waals surface area contributed by atoms with E-state index < -0.39 is 0 Å². The van der Waals surface area contributed by atoms with Gasteiger partial charge in [0.25, 0.3) is 0 Å². The number of aromatic nitrogens is 1. The van der Waals surface area contributed by atoms with Crippen molar-refractivity contribution in [2.75, 3.05) is 0 Å². The molecule has 2 nitrogen and oxygen atoms in total. The van der Waals surface area contributed by atoms with Crippen LogP contribution < -0.4 is 5.73 Å². The first kappa shape index (κ1) is 14.6. The minimum Gasteiger partial charge on any atom is -0.326 e. The highest BCUT2D eigenvalue weighted by atomic mass is 32.2. The van der Waals surface area contributed by atoms with E-state index in [2.05, 4.69) is 38.1 Å². The number of nitrogens with two attached hydrogens (primary N) is 1. The molecule has 0 radical (unpaired) electrons. The molecule has 0 saturated carbocycles. The van der Waals surface area contributed by atoms with E-state index >= 15 is 0 Å². The number of benzene rings is 1. The average Bonchev–Trinajstić information content (AvgIpc) is 2.50. The summed E-state index contributed by atoms with van der Waals surface area (Å²) in [6.45, 7) is 4.85. The van der Waals surface area contributed by atoms with Crippen molar-refractivity contribution in [2.45, 2.75) is 56.0 Å². The summed E-state index contributed by atoms with van der Waals surface area (Å²) in [7, 11) is 0. The van der Waals surface area contributed by atoms with E-state index in [0.717, 1.165) is 17.9 Å². The van der Waals surface area contributed by atoms with Crippen LogP contribution >= 0.6 is 11.8 Å². The Morgan fingerprint density at radius 3 is 2.76 bits per heavy atom. The van der Waals surface area contributed by atoms with Crippen LogP contribution in [-0.4, -0.2) is 4.98 Å². The first-order chi connectivity index (χ1) is 10.2. The smallest absolute Gasteiger partial charge is 0.106 e. The number of fused-ring (bicyclic) bond motifs is 1. The molecule has 21 heavy (non-hydrogen) atoms. The second-order valence-electron chi connectivity index (χ2n) is 5.84. The lowest BCUT2D eigenvalue weighted by atomic mass is 9.95. The van der Waals surface area contributed by atoms with Gasteiger partial charge in [-0.05, 0) is 67.9 Å². The first-order valence-electron chi connectivity index (χ1n) is 7.64. The Bertz CT molecular complexity index is 665. The predicted molar refractivity (Wildman–Crippen MR) is 88.8 cm³/mol. The molecule has 0 fully saturated rings. The Balaban J connectivity index is 1.99.